The van der Waals surface area contributed by atoms with Gasteiger partial charge in [0.2, 0.25) is 10.0 Å². The number of ether oxygens (including phenoxy) is 1. The normalized spacial score (nSPS) is 29.3. The van der Waals surface area contributed by atoms with E-state index < -0.39 is 32.7 Å². The molecule has 0 radical (unpaired) electrons. The van der Waals surface area contributed by atoms with Crippen molar-refractivity contribution in [2.75, 3.05) is 18.0 Å². The maximum atomic E-state index is 14.0. The van der Waals surface area contributed by atoms with Gasteiger partial charge in [0.25, 0.3) is 5.91 Å². The van der Waals surface area contributed by atoms with Crippen LogP contribution in [0, 0.1) is 23.2 Å². The van der Waals surface area contributed by atoms with E-state index in [1.165, 1.54) is 5.56 Å². The van der Waals surface area contributed by atoms with Gasteiger partial charge in [0.15, 0.2) is 0 Å². The van der Waals surface area contributed by atoms with Gasteiger partial charge in [-0.25, -0.2) is 13.1 Å². The number of sulfonamides is 1. The minimum atomic E-state index is -4.00. The van der Waals surface area contributed by atoms with Gasteiger partial charge in [0.05, 0.1) is 17.0 Å². The van der Waals surface area contributed by atoms with Crippen LogP contribution >= 0.6 is 11.6 Å². The van der Waals surface area contributed by atoms with Crippen LogP contribution in [0.3, 0.4) is 0 Å². The zero-order chi connectivity index (χ0) is 31.8. The number of carbonyl (C=O) groups excluding carboxylic acids is 1. The van der Waals surface area contributed by atoms with Crippen LogP contribution < -0.4 is 14.4 Å². The lowest BCUT2D eigenvalue weighted by Crippen LogP contribution is -2.47. The predicted octanol–water partition coefficient (Wildman–Crippen LogP) is 7.05. The Labute approximate surface area is 273 Å². The molecular formula is C36H47ClN2O5S. The largest absolute Gasteiger partial charge is 0.487 e. The SMILES string of the molecule is CC1(C)C/C=C/[C@H](O)[C@@H]2CC[C@H]2CN2CCCCc3cc(Cl)ccc3COc3ccc(cc32)C(=O)NS(=O)(=O)[C@@H]1CC1CCC1. The van der Waals surface area contributed by atoms with Gasteiger partial charge in [-0.1, -0.05) is 62.9 Å². The highest BCUT2D eigenvalue weighted by Crippen LogP contribution is 2.43. The fraction of sp³-hybridized carbons (Fsp3) is 0.583. The van der Waals surface area contributed by atoms with Crippen LogP contribution in [0.5, 0.6) is 5.75 Å². The highest BCUT2D eigenvalue weighted by molar-refractivity contribution is 7.90. The molecule has 0 unspecified atom stereocenters. The first-order valence-corrected chi connectivity index (χ1v) is 18.6. The maximum absolute atomic E-state index is 14.0. The second kappa shape index (κ2) is 13.3. The zero-order valence-electron chi connectivity index (χ0n) is 26.5. The molecule has 2 heterocycles. The third-order valence-electron chi connectivity index (χ3n) is 10.8. The summed E-state index contributed by atoms with van der Waals surface area (Å²) >= 11 is 6.33. The number of halogens is 1. The summed E-state index contributed by atoms with van der Waals surface area (Å²) in [5.41, 5.74) is 2.71. The lowest BCUT2D eigenvalue weighted by Gasteiger charge is -2.43. The maximum Gasteiger partial charge on any atom is 0.264 e. The second-order valence-electron chi connectivity index (χ2n) is 14.4. The van der Waals surface area contributed by atoms with E-state index in [1.807, 2.05) is 44.2 Å². The topological polar surface area (TPSA) is 95.9 Å². The van der Waals surface area contributed by atoms with Crippen LogP contribution in [0.1, 0.15) is 93.1 Å². The van der Waals surface area contributed by atoms with E-state index in [4.69, 9.17) is 16.3 Å². The van der Waals surface area contributed by atoms with Gasteiger partial charge in [-0.2, -0.15) is 0 Å². The third kappa shape index (κ3) is 7.23. The average molecular weight is 655 g/mol. The summed E-state index contributed by atoms with van der Waals surface area (Å²) in [4.78, 5) is 16.0. The van der Waals surface area contributed by atoms with E-state index in [9.17, 15) is 18.3 Å². The number of nitrogens with zero attached hydrogens (tertiary/aromatic N) is 1. The van der Waals surface area contributed by atoms with Gasteiger partial charge in [0, 0.05) is 23.7 Å². The molecule has 2 bridgehead atoms. The Morgan fingerprint density at radius 1 is 1.04 bits per heavy atom. The van der Waals surface area contributed by atoms with Gasteiger partial charge in [-0.15, -0.1) is 0 Å². The minimum Gasteiger partial charge on any atom is -0.487 e. The molecule has 1 amide bonds. The number of carbonyl (C=O) groups is 1. The second-order valence-corrected chi connectivity index (χ2v) is 16.7. The summed E-state index contributed by atoms with van der Waals surface area (Å²) in [7, 11) is -4.00. The van der Waals surface area contributed by atoms with Crippen LogP contribution in [-0.4, -0.2) is 43.9 Å². The number of hydrogen-bond donors (Lipinski definition) is 2. The standard InChI is InChI=1S/C36H47ClN2O5S/c1-36(2)17-6-10-32(40)30-15-12-27(30)22-39-18-4-3-9-25-20-29(37)14-11-28(25)23-44-33-16-13-26(21-31(33)39)35(41)38-45(42,43)34(36)19-24-7-5-8-24/h6,10-11,13-14,16,20-21,24,27,30,32,34,40H,3-5,7-9,12,15,17-19,22-23H2,1-2H3,(H,38,41)/b10-6+/t27-,30+,32-,34+/m0/s1. The Balaban J connectivity index is 1.38. The van der Waals surface area contributed by atoms with E-state index >= 15 is 0 Å². The number of rotatable bonds is 2. The molecular weight excluding hydrogens is 608 g/mol. The molecule has 2 fully saturated rings. The summed E-state index contributed by atoms with van der Waals surface area (Å²) in [6, 6.07) is 11.2. The highest BCUT2D eigenvalue weighted by atomic mass is 35.5. The molecule has 0 saturated heterocycles. The molecule has 7 nitrogen and oxygen atoms in total. The van der Waals surface area contributed by atoms with Crippen molar-refractivity contribution in [1.29, 1.82) is 0 Å². The predicted molar refractivity (Wildman–Crippen MR) is 179 cm³/mol. The van der Waals surface area contributed by atoms with Crippen molar-refractivity contribution < 1.29 is 23.1 Å². The van der Waals surface area contributed by atoms with E-state index in [2.05, 4.69) is 9.62 Å². The smallest absolute Gasteiger partial charge is 0.264 e. The molecule has 2 aliphatic carbocycles. The van der Waals surface area contributed by atoms with E-state index in [0.29, 0.717) is 47.6 Å². The fourth-order valence-corrected chi connectivity index (χ4v) is 9.75. The number of nitrogens with one attached hydrogen (secondary N) is 1. The van der Waals surface area contributed by atoms with E-state index in [0.717, 1.165) is 75.7 Å². The summed E-state index contributed by atoms with van der Waals surface area (Å²) in [5, 5.41) is 11.2. The van der Waals surface area contributed by atoms with Gasteiger partial charge in [-0.3, -0.25) is 4.79 Å². The highest BCUT2D eigenvalue weighted by Gasteiger charge is 2.43. The number of aliphatic hydroxyl groups is 1. The first kappa shape index (κ1) is 32.4. The lowest BCUT2D eigenvalue weighted by atomic mass is 9.70. The van der Waals surface area contributed by atoms with Gasteiger partial charge in [-0.05, 0) is 110 Å². The van der Waals surface area contributed by atoms with Crippen molar-refractivity contribution in [2.24, 2.45) is 23.2 Å². The number of anilines is 1. The molecule has 2 saturated carbocycles. The van der Waals surface area contributed by atoms with Crippen molar-refractivity contribution >= 4 is 33.2 Å². The van der Waals surface area contributed by atoms with Crippen LogP contribution in [-0.2, 0) is 23.1 Å². The van der Waals surface area contributed by atoms with Gasteiger partial charge >= 0.3 is 0 Å². The molecule has 4 atom stereocenters. The third-order valence-corrected chi connectivity index (χ3v) is 13.1. The summed E-state index contributed by atoms with van der Waals surface area (Å²) in [6.07, 6.45) is 12.2. The molecule has 4 aliphatic rings. The van der Waals surface area contributed by atoms with Crippen LogP contribution in [0.4, 0.5) is 5.69 Å². The van der Waals surface area contributed by atoms with Crippen molar-refractivity contribution in [2.45, 2.75) is 96.0 Å². The Hall–Kier alpha value is -2.55. The fourth-order valence-electron chi connectivity index (χ4n) is 7.58. The summed E-state index contributed by atoms with van der Waals surface area (Å²) in [5.74, 6) is 0.813. The Bertz CT molecular complexity index is 1540. The number of aryl methyl sites for hydroxylation is 1. The van der Waals surface area contributed by atoms with E-state index in [-0.39, 0.29) is 5.92 Å². The first-order chi connectivity index (χ1) is 21.5. The molecule has 244 valence electrons. The van der Waals surface area contributed by atoms with Crippen molar-refractivity contribution in [3.05, 3.63) is 70.3 Å². The molecule has 2 aromatic carbocycles. The lowest BCUT2D eigenvalue weighted by molar-refractivity contribution is 0.0460. The molecule has 2 N–H and O–H groups in total. The number of benzene rings is 2. The molecule has 6 rings (SSSR count). The van der Waals surface area contributed by atoms with Crippen molar-refractivity contribution in [1.82, 2.24) is 4.72 Å². The van der Waals surface area contributed by atoms with Crippen LogP contribution in [0.15, 0.2) is 48.6 Å². The number of hydrogen-bond acceptors (Lipinski definition) is 6. The van der Waals surface area contributed by atoms with Crippen molar-refractivity contribution in [3.63, 3.8) is 0 Å². The summed E-state index contributed by atoms with van der Waals surface area (Å²) < 4.78 is 36.9. The Morgan fingerprint density at radius 3 is 2.60 bits per heavy atom. The average Bonchev–Trinajstić information content (AvgIpc) is 2.96. The molecule has 0 spiro atoms. The minimum absolute atomic E-state index is 0.132. The van der Waals surface area contributed by atoms with Crippen LogP contribution in [0.25, 0.3) is 0 Å². The number of amides is 1. The first-order valence-electron chi connectivity index (χ1n) is 16.7. The summed E-state index contributed by atoms with van der Waals surface area (Å²) in [6.45, 7) is 5.77. The van der Waals surface area contributed by atoms with Gasteiger partial charge in [0.1, 0.15) is 12.4 Å². The van der Waals surface area contributed by atoms with Gasteiger partial charge < -0.3 is 14.7 Å². The molecule has 45 heavy (non-hydrogen) atoms. The van der Waals surface area contributed by atoms with Crippen LogP contribution in [0.2, 0.25) is 5.02 Å². The Morgan fingerprint density at radius 2 is 1.87 bits per heavy atom. The van der Waals surface area contributed by atoms with E-state index in [1.54, 1.807) is 18.2 Å². The number of fused-ring (bicyclic) bond motifs is 3. The zero-order valence-corrected chi connectivity index (χ0v) is 28.1. The quantitative estimate of drug-likeness (QED) is 0.337. The monoisotopic (exact) mass is 654 g/mol. The molecule has 2 aliphatic heterocycles. The molecule has 9 heteroatoms. The number of allylic oxidation sites excluding steroid dienone is 1. The van der Waals surface area contributed by atoms with Crippen molar-refractivity contribution in [3.8, 4) is 5.75 Å². The molecule has 2 aromatic rings. The number of aliphatic hydroxyl groups excluding tert-OH is 1. The molecule has 0 aromatic heterocycles. The Kier molecular flexibility index (Phi) is 9.56.